The summed E-state index contributed by atoms with van der Waals surface area (Å²) in [7, 11) is 0. The van der Waals surface area contributed by atoms with Crippen molar-refractivity contribution >= 4 is 39.5 Å². The van der Waals surface area contributed by atoms with Gasteiger partial charge in [-0.2, -0.15) is 5.26 Å². The largest absolute Gasteiger partial charge is 0.481 e. The van der Waals surface area contributed by atoms with E-state index in [4.69, 9.17) is 14.4 Å². The number of carbonyl (C=O) groups is 1. The molecular formula is C41H41N7O4. The van der Waals surface area contributed by atoms with Crippen molar-refractivity contribution in [3.05, 3.63) is 101 Å². The van der Waals surface area contributed by atoms with Crippen LogP contribution in [0.2, 0.25) is 0 Å². The highest BCUT2D eigenvalue weighted by atomic mass is 16.4. The lowest BCUT2D eigenvalue weighted by atomic mass is 9.90. The van der Waals surface area contributed by atoms with E-state index in [1.165, 1.54) is 0 Å². The quantitative estimate of drug-likeness (QED) is 0.109. The fourth-order valence-corrected chi connectivity index (χ4v) is 7.00. The van der Waals surface area contributed by atoms with Crippen molar-refractivity contribution in [3.8, 4) is 28.7 Å². The maximum atomic E-state index is 11.8. The molecule has 11 nitrogen and oxygen atoms in total. The standard InChI is InChI=1S/C41H41N7O4/c1-24(22-49)44-19-28-16-29-11-13-43-38(36(29)45-20-28)46-34-10-6-8-32(26(34)3)31-7-5-9-33(25(31)2)39-47-35-17-27(15-30(18-42)37(35)52-39)21-48-14-12-41(4,23-48)40(50)51/h5-11,13,15-17,20,24,44,49H,12,14,19,21-23H2,1-4H3,(H,43,46)(H,50,51). The molecule has 1 aliphatic rings. The highest BCUT2D eigenvalue weighted by Crippen LogP contribution is 2.38. The number of rotatable bonds is 11. The Balaban J connectivity index is 1.17. The number of anilines is 2. The van der Waals surface area contributed by atoms with Crippen LogP contribution in [0.25, 0.3) is 44.6 Å². The number of likely N-dealkylation sites (tertiary alicyclic amines) is 1. The van der Waals surface area contributed by atoms with Gasteiger partial charge in [-0.3, -0.25) is 14.7 Å². The minimum absolute atomic E-state index is 0.00345. The first-order valence-corrected chi connectivity index (χ1v) is 17.4. The van der Waals surface area contributed by atoms with Gasteiger partial charge < -0.3 is 25.3 Å². The van der Waals surface area contributed by atoms with Gasteiger partial charge in [0.25, 0.3) is 0 Å². The summed E-state index contributed by atoms with van der Waals surface area (Å²) < 4.78 is 6.28. The van der Waals surface area contributed by atoms with E-state index < -0.39 is 11.4 Å². The summed E-state index contributed by atoms with van der Waals surface area (Å²) in [6.45, 7) is 10.2. The second-order valence-corrected chi connectivity index (χ2v) is 14.1. The number of fused-ring (bicyclic) bond motifs is 2. The number of hydrogen-bond donors (Lipinski definition) is 4. The lowest BCUT2D eigenvalue weighted by Crippen LogP contribution is -2.31. The maximum Gasteiger partial charge on any atom is 0.310 e. The van der Waals surface area contributed by atoms with Crippen molar-refractivity contribution in [2.75, 3.05) is 25.0 Å². The van der Waals surface area contributed by atoms with Gasteiger partial charge in [-0.25, -0.2) is 9.97 Å². The minimum Gasteiger partial charge on any atom is -0.481 e. The Labute approximate surface area is 302 Å². The summed E-state index contributed by atoms with van der Waals surface area (Å²) >= 11 is 0. The SMILES string of the molecule is Cc1c(Nc2nccc3cc(CNC(C)CO)cnc23)cccc1-c1cccc(-c2nc3cc(CN4CCC(C)(C(=O)O)C4)cc(C#N)c3o2)c1C. The highest BCUT2D eigenvalue weighted by molar-refractivity contribution is 5.91. The third-order valence-electron chi connectivity index (χ3n) is 10.2. The number of nitriles is 1. The van der Waals surface area contributed by atoms with Crippen LogP contribution >= 0.6 is 0 Å². The molecule has 1 aliphatic heterocycles. The van der Waals surface area contributed by atoms with Crippen LogP contribution in [0.15, 0.2) is 77.5 Å². The molecule has 52 heavy (non-hydrogen) atoms. The minimum atomic E-state index is -0.785. The van der Waals surface area contributed by atoms with Gasteiger partial charge in [-0.15, -0.1) is 0 Å². The molecule has 3 aromatic heterocycles. The molecule has 4 heterocycles. The van der Waals surface area contributed by atoms with Crippen molar-refractivity contribution in [1.29, 1.82) is 5.26 Å². The summed E-state index contributed by atoms with van der Waals surface area (Å²) in [6.07, 6.45) is 4.19. The first-order valence-electron chi connectivity index (χ1n) is 17.4. The topological polar surface area (TPSA) is 160 Å². The fraction of sp³-hybridized carbons (Fsp3) is 0.293. The lowest BCUT2D eigenvalue weighted by Gasteiger charge is -2.20. The summed E-state index contributed by atoms with van der Waals surface area (Å²) in [6, 6.07) is 22.2. The van der Waals surface area contributed by atoms with E-state index in [2.05, 4.69) is 51.7 Å². The summed E-state index contributed by atoms with van der Waals surface area (Å²) in [5, 5.41) is 36.8. The molecule has 4 N–H and O–H groups in total. The van der Waals surface area contributed by atoms with E-state index >= 15 is 0 Å². The molecule has 0 amide bonds. The Kier molecular flexibility index (Phi) is 9.46. The molecule has 7 rings (SSSR count). The number of benzene rings is 3. The zero-order valence-electron chi connectivity index (χ0n) is 29.7. The lowest BCUT2D eigenvalue weighted by molar-refractivity contribution is -0.147. The molecule has 0 saturated carbocycles. The summed E-state index contributed by atoms with van der Waals surface area (Å²) in [5.41, 5.74) is 9.15. The monoisotopic (exact) mass is 695 g/mol. The average molecular weight is 696 g/mol. The molecule has 0 bridgehead atoms. The number of oxazole rings is 1. The Bertz CT molecular complexity index is 2360. The number of nitrogens with zero attached hydrogens (tertiary/aromatic N) is 5. The smallest absolute Gasteiger partial charge is 0.310 e. The summed E-state index contributed by atoms with van der Waals surface area (Å²) in [5.74, 6) is 0.305. The molecule has 3 aromatic carbocycles. The van der Waals surface area contributed by atoms with Crippen LogP contribution in [-0.2, 0) is 17.9 Å². The molecule has 1 fully saturated rings. The maximum absolute atomic E-state index is 11.8. The van der Waals surface area contributed by atoms with Gasteiger partial charge in [-0.1, -0.05) is 24.3 Å². The normalized spacial score (nSPS) is 16.7. The first kappa shape index (κ1) is 34.8. The molecule has 2 atom stereocenters. The van der Waals surface area contributed by atoms with E-state index in [9.17, 15) is 20.3 Å². The number of aliphatic carboxylic acids is 1. The molecule has 264 valence electrons. The van der Waals surface area contributed by atoms with Crippen molar-refractivity contribution in [3.63, 3.8) is 0 Å². The Morgan fingerprint density at radius 2 is 1.83 bits per heavy atom. The number of aliphatic hydroxyl groups excluding tert-OH is 1. The highest BCUT2D eigenvalue weighted by Gasteiger charge is 2.40. The molecule has 1 saturated heterocycles. The molecule has 2 unspecified atom stereocenters. The van der Waals surface area contributed by atoms with E-state index in [0.29, 0.717) is 61.0 Å². The second-order valence-electron chi connectivity index (χ2n) is 14.1. The predicted molar refractivity (Wildman–Crippen MR) is 201 cm³/mol. The van der Waals surface area contributed by atoms with Crippen molar-refractivity contribution in [1.82, 2.24) is 25.2 Å². The van der Waals surface area contributed by atoms with Crippen molar-refractivity contribution < 1.29 is 19.4 Å². The van der Waals surface area contributed by atoms with Gasteiger partial charge in [0.2, 0.25) is 5.89 Å². The van der Waals surface area contributed by atoms with Crippen LogP contribution in [0, 0.1) is 30.6 Å². The Morgan fingerprint density at radius 1 is 1.06 bits per heavy atom. The van der Waals surface area contributed by atoms with Gasteiger partial charge in [0.15, 0.2) is 11.4 Å². The Morgan fingerprint density at radius 3 is 2.58 bits per heavy atom. The number of nitrogens with one attached hydrogen (secondary N) is 2. The molecule has 6 aromatic rings. The van der Waals surface area contributed by atoms with Gasteiger partial charge in [-0.05, 0) is 110 Å². The van der Waals surface area contributed by atoms with Crippen LogP contribution in [0.3, 0.4) is 0 Å². The van der Waals surface area contributed by atoms with Crippen LogP contribution < -0.4 is 10.6 Å². The average Bonchev–Trinajstić information content (AvgIpc) is 3.75. The van der Waals surface area contributed by atoms with Gasteiger partial charge in [0, 0.05) is 54.7 Å². The van der Waals surface area contributed by atoms with Crippen molar-refractivity contribution in [2.45, 2.75) is 53.2 Å². The predicted octanol–water partition coefficient (Wildman–Crippen LogP) is 7.10. The van der Waals surface area contributed by atoms with Gasteiger partial charge >= 0.3 is 5.97 Å². The van der Waals surface area contributed by atoms with Crippen LogP contribution in [0.5, 0.6) is 0 Å². The number of carboxylic acid groups (broad SMARTS) is 1. The molecule has 0 spiro atoms. The van der Waals surface area contributed by atoms with E-state index in [0.717, 1.165) is 55.5 Å². The van der Waals surface area contributed by atoms with E-state index in [1.54, 1.807) is 13.1 Å². The number of aliphatic hydroxyl groups is 1. The first-order chi connectivity index (χ1) is 25.1. The molecule has 0 aliphatic carbocycles. The summed E-state index contributed by atoms with van der Waals surface area (Å²) in [4.78, 5) is 28.1. The fourth-order valence-electron chi connectivity index (χ4n) is 7.00. The third kappa shape index (κ3) is 6.72. The van der Waals surface area contributed by atoms with Crippen molar-refractivity contribution in [2.24, 2.45) is 5.41 Å². The molecule has 0 radical (unpaired) electrons. The van der Waals surface area contributed by atoms with E-state index in [1.807, 2.05) is 62.5 Å². The van der Waals surface area contributed by atoms with Crippen LogP contribution in [0.4, 0.5) is 11.5 Å². The van der Waals surface area contributed by atoms with Crippen LogP contribution in [0.1, 0.15) is 48.1 Å². The van der Waals surface area contributed by atoms with Gasteiger partial charge in [0.05, 0.1) is 17.6 Å². The number of hydrogen-bond acceptors (Lipinski definition) is 10. The molecular weight excluding hydrogens is 654 g/mol. The van der Waals surface area contributed by atoms with Crippen LogP contribution in [-0.4, -0.2) is 61.8 Å². The third-order valence-corrected chi connectivity index (χ3v) is 10.2. The number of carboxylic acids is 1. The zero-order chi connectivity index (χ0) is 36.6. The Hall–Kier alpha value is -5.67. The second kappa shape index (κ2) is 14.2. The van der Waals surface area contributed by atoms with E-state index in [-0.39, 0.29) is 12.6 Å². The number of aromatic nitrogens is 3. The zero-order valence-corrected chi connectivity index (χ0v) is 29.7. The number of pyridine rings is 2. The van der Waals surface area contributed by atoms with Gasteiger partial charge in [0.1, 0.15) is 17.1 Å². The molecule has 11 heteroatoms.